The minimum Gasteiger partial charge on any atom is -0.323 e. The van der Waals surface area contributed by atoms with E-state index in [2.05, 4.69) is 30.8 Å². The van der Waals surface area contributed by atoms with E-state index < -0.39 is 0 Å². The number of benzene rings is 1. The first-order valence-corrected chi connectivity index (χ1v) is 6.70. The fraction of sp³-hybridized carbons (Fsp3) is 0.308. The van der Waals surface area contributed by atoms with Gasteiger partial charge in [0.05, 0.1) is 11.4 Å². The summed E-state index contributed by atoms with van der Waals surface area (Å²) in [5.74, 6) is 0.434. The summed E-state index contributed by atoms with van der Waals surface area (Å²) in [4.78, 5) is 4.40. The highest BCUT2D eigenvalue weighted by molar-refractivity contribution is 9.10. The van der Waals surface area contributed by atoms with E-state index >= 15 is 0 Å². The van der Waals surface area contributed by atoms with E-state index in [4.69, 9.17) is 0 Å². The summed E-state index contributed by atoms with van der Waals surface area (Å²) in [5, 5.41) is 3.07. The van der Waals surface area contributed by atoms with Crippen LogP contribution >= 0.6 is 15.9 Å². The zero-order chi connectivity index (χ0) is 12.7. The molecule has 0 spiro atoms. The number of aromatic nitrogens is 2. The molecular weight excluding hydrogens is 297 g/mol. The van der Waals surface area contributed by atoms with Gasteiger partial charge in [-0.2, -0.15) is 0 Å². The molecule has 3 nitrogen and oxygen atoms in total. The van der Waals surface area contributed by atoms with Gasteiger partial charge in [-0.15, -0.1) is 0 Å². The lowest BCUT2D eigenvalue weighted by molar-refractivity contribution is 0.630. The van der Waals surface area contributed by atoms with Crippen molar-refractivity contribution in [1.82, 2.24) is 9.55 Å². The van der Waals surface area contributed by atoms with Crippen molar-refractivity contribution >= 4 is 27.6 Å². The van der Waals surface area contributed by atoms with Gasteiger partial charge in [0, 0.05) is 16.7 Å². The number of nitrogens with zero attached hydrogens (tertiary/aromatic N) is 2. The van der Waals surface area contributed by atoms with E-state index in [9.17, 15) is 4.39 Å². The Morgan fingerprint density at radius 3 is 2.89 bits per heavy atom. The van der Waals surface area contributed by atoms with Crippen molar-refractivity contribution in [3.05, 3.63) is 40.4 Å². The average Bonchev–Trinajstić information content (AvgIpc) is 3.08. The Bertz CT molecular complexity index is 590. The maximum absolute atomic E-state index is 13.8. The molecule has 1 aromatic heterocycles. The van der Waals surface area contributed by atoms with Crippen LogP contribution in [0.3, 0.4) is 0 Å². The van der Waals surface area contributed by atoms with Crippen LogP contribution in [0.5, 0.6) is 0 Å². The van der Waals surface area contributed by atoms with Crippen LogP contribution in [0.1, 0.15) is 24.6 Å². The second-order valence-corrected chi connectivity index (χ2v) is 5.51. The zero-order valence-electron chi connectivity index (χ0n) is 9.95. The van der Waals surface area contributed by atoms with E-state index in [0.717, 1.165) is 16.1 Å². The standard InChI is InChI=1S/C13H13BrFN3/c1-8-7-18(10-3-4-10)13(16-8)17-12-5-2-9(14)6-11(12)15/h2,5-7,10H,3-4H2,1H3,(H,16,17). The Kier molecular flexibility index (Phi) is 2.86. The quantitative estimate of drug-likeness (QED) is 0.922. The van der Waals surface area contributed by atoms with Crippen LogP contribution in [0.15, 0.2) is 28.9 Å². The van der Waals surface area contributed by atoms with E-state index in [1.807, 2.05) is 19.2 Å². The van der Waals surface area contributed by atoms with Crippen LogP contribution in [0.25, 0.3) is 0 Å². The molecule has 0 aliphatic heterocycles. The van der Waals surface area contributed by atoms with Crippen molar-refractivity contribution < 1.29 is 4.39 Å². The van der Waals surface area contributed by atoms with Gasteiger partial charge in [0.2, 0.25) is 5.95 Å². The fourth-order valence-corrected chi connectivity index (χ4v) is 2.28. The highest BCUT2D eigenvalue weighted by Gasteiger charge is 2.26. The van der Waals surface area contributed by atoms with Gasteiger partial charge >= 0.3 is 0 Å². The molecule has 94 valence electrons. The van der Waals surface area contributed by atoms with Crippen LogP contribution in [0.2, 0.25) is 0 Å². The number of rotatable bonds is 3. The maximum atomic E-state index is 13.8. The molecule has 1 heterocycles. The van der Waals surface area contributed by atoms with Gasteiger partial charge < -0.3 is 9.88 Å². The summed E-state index contributed by atoms with van der Waals surface area (Å²) >= 11 is 3.24. The van der Waals surface area contributed by atoms with Crippen molar-refractivity contribution in [2.24, 2.45) is 0 Å². The van der Waals surface area contributed by atoms with E-state index in [1.165, 1.54) is 18.9 Å². The SMILES string of the molecule is Cc1cn(C2CC2)c(Nc2ccc(Br)cc2F)n1. The topological polar surface area (TPSA) is 29.9 Å². The molecule has 0 radical (unpaired) electrons. The van der Waals surface area contributed by atoms with Gasteiger partial charge in [0.15, 0.2) is 0 Å². The lowest BCUT2D eigenvalue weighted by atomic mass is 10.3. The van der Waals surface area contributed by atoms with Gasteiger partial charge in [-0.25, -0.2) is 9.37 Å². The van der Waals surface area contributed by atoms with Gasteiger partial charge in [0.1, 0.15) is 5.82 Å². The third kappa shape index (κ3) is 2.27. The van der Waals surface area contributed by atoms with Crippen molar-refractivity contribution in [2.45, 2.75) is 25.8 Å². The first kappa shape index (κ1) is 11.7. The first-order valence-electron chi connectivity index (χ1n) is 5.91. The number of nitrogens with one attached hydrogen (secondary N) is 1. The molecule has 18 heavy (non-hydrogen) atoms. The van der Waals surface area contributed by atoms with Crippen molar-refractivity contribution in [3.63, 3.8) is 0 Å². The molecule has 0 bridgehead atoms. The van der Waals surface area contributed by atoms with Gasteiger partial charge in [-0.3, -0.25) is 0 Å². The zero-order valence-corrected chi connectivity index (χ0v) is 11.5. The van der Waals surface area contributed by atoms with Crippen molar-refractivity contribution in [3.8, 4) is 0 Å². The molecule has 0 atom stereocenters. The number of halogens is 2. The van der Waals surface area contributed by atoms with E-state index in [0.29, 0.717) is 11.7 Å². The number of hydrogen-bond donors (Lipinski definition) is 1. The third-order valence-corrected chi connectivity index (χ3v) is 3.46. The van der Waals surface area contributed by atoms with E-state index in [1.54, 1.807) is 6.07 Å². The molecule has 2 aromatic rings. The monoisotopic (exact) mass is 309 g/mol. The minimum absolute atomic E-state index is 0.285. The van der Waals surface area contributed by atoms with Gasteiger partial charge in [-0.1, -0.05) is 15.9 Å². The lowest BCUT2D eigenvalue weighted by Gasteiger charge is -2.09. The second kappa shape index (κ2) is 4.39. The molecule has 0 unspecified atom stereocenters. The third-order valence-electron chi connectivity index (χ3n) is 2.97. The highest BCUT2D eigenvalue weighted by Crippen LogP contribution is 2.38. The largest absolute Gasteiger partial charge is 0.323 e. The minimum atomic E-state index is -0.285. The van der Waals surface area contributed by atoms with Gasteiger partial charge in [-0.05, 0) is 38.0 Å². The summed E-state index contributed by atoms with van der Waals surface area (Å²) in [5.41, 5.74) is 1.40. The summed E-state index contributed by atoms with van der Waals surface area (Å²) < 4.78 is 16.6. The van der Waals surface area contributed by atoms with Crippen molar-refractivity contribution in [2.75, 3.05) is 5.32 Å². The Morgan fingerprint density at radius 1 is 1.44 bits per heavy atom. The Morgan fingerprint density at radius 2 is 2.22 bits per heavy atom. The van der Waals surface area contributed by atoms with Crippen LogP contribution in [-0.4, -0.2) is 9.55 Å². The number of aryl methyl sites for hydroxylation is 1. The Hall–Kier alpha value is -1.36. The second-order valence-electron chi connectivity index (χ2n) is 4.59. The number of anilines is 2. The highest BCUT2D eigenvalue weighted by atomic mass is 79.9. The molecule has 3 rings (SSSR count). The Balaban J connectivity index is 1.91. The summed E-state index contributed by atoms with van der Waals surface area (Å²) in [7, 11) is 0. The maximum Gasteiger partial charge on any atom is 0.207 e. The molecule has 1 aromatic carbocycles. The first-order chi connectivity index (χ1) is 8.63. The predicted molar refractivity (Wildman–Crippen MR) is 72.6 cm³/mol. The molecule has 0 saturated heterocycles. The molecule has 1 fully saturated rings. The smallest absolute Gasteiger partial charge is 0.207 e. The van der Waals surface area contributed by atoms with Crippen LogP contribution in [0, 0.1) is 12.7 Å². The molecule has 1 aliphatic carbocycles. The summed E-state index contributed by atoms with van der Waals surface area (Å²) in [6.45, 7) is 1.95. The molecule has 1 N–H and O–H groups in total. The Labute approximate surface area is 113 Å². The predicted octanol–water partition coefficient (Wildman–Crippen LogP) is 4.17. The van der Waals surface area contributed by atoms with Crippen LogP contribution in [0.4, 0.5) is 16.0 Å². The fourth-order valence-electron chi connectivity index (χ4n) is 1.95. The lowest BCUT2D eigenvalue weighted by Crippen LogP contribution is -2.02. The average molecular weight is 310 g/mol. The summed E-state index contributed by atoms with van der Waals surface area (Å²) in [6, 6.07) is 5.48. The summed E-state index contributed by atoms with van der Waals surface area (Å²) in [6.07, 6.45) is 4.36. The van der Waals surface area contributed by atoms with Crippen LogP contribution < -0.4 is 5.32 Å². The number of imidazole rings is 1. The molecule has 5 heteroatoms. The van der Waals surface area contributed by atoms with E-state index in [-0.39, 0.29) is 5.82 Å². The van der Waals surface area contributed by atoms with Crippen LogP contribution in [-0.2, 0) is 0 Å². The van der Waals surface area contributed by atoms with Crippen molar-refractivity contribution in [1.29, 1.82) is 0 Å². The molecular formula is C13H13BrFN3. The van der Waals surface area contributed by atoms with Gasteiger partial charge in [0.25, 0.3) is 0 Å². The normalized spacial score (nSPS) is 14.8. The molecule has 0 amide bonds. The molecule has 1 aliphatic rings. The molecule has 1 saturated carbocycles. The number of hydrogen-bond acceptors (Lipinski definition) is 2.